The van der Waals surface area contributed by atoms with Crippen molar-refractivity contribution in [3.8, 4) is 5.75 Å². The van der Waals surface area contributed by atoms with Crippen molar-refractivity contribution >= 4 is 39.7 Å². The summed E-state index contributed by atoms with van der Waals surface area (Å²) in [6.45, 7) is 6.66. The van der Waals surface area contributed by atoms with Gasteiger partial charge in [-0.05, 0) is 56.2 Å². The van der Waals surface area contributed by atoms with Gasteiger partial charge in [-0.25, -0.2) is 17.6 Å². The summed E-state index contributed by atoms with van der Waals surface area (Å²) in [5, 5.41) is 16.8. The number of rotatable bonds is 12. The Bertz CT molecular complexity index is 1350. The van der Waals surface area contributed by atoms with Gasteiger partial charge in [-0.2, -0.15) is 4.72 Å². The molecule has 0 saturated carbocycles. The van der Waals surface area contributed by atoms with Crippen molar-refractivity contribution in [2.45, 2.75) is 57.1 Å². The Morgan fingerprint density at radius 3 is 2.35 bits per heavy atom. The Morgan fingerprint density at radius 2 is 1.74 bits per heavy atom. The zero-order valence-electron chi connectivity index (χ0n) is 24.2. The Hall–Kier alpha value is -3.46. The number of carboxylic acids is 1. The first-order valence-electron chi connectivity index (χ1n) is 13.5. The monoisotopic (exact) mass is 645 g/mol. The summed E-state index contributed by atoms with van der Waals surface area (Å²) in [6.07, 6.45) is 0.595. The van der Waals surface area contributed by atoms with E-state index in [-0.39, 0.29) is 39.5 Å². The second kappa shape index (κ2) is 17.0. The van der Waals surface area contributed by atoms with Crippen molar-refractivity contribution in [2.24, 2.45) is 0 Å². The number of nitrogens with zero attached hydrogens (tertiary/aromatic N) is 2. The van der Waals surface area contributed by atoms with Crippen LogP contribution in [-0.2, 0) is 30.9 Å². The highest BCUT2D eigenvalue weighted by Gasteiger charge is 2.32. The number of piperazine rings is 1. The molecule has 1 amide bonds. The van der Waals surface area contributed by atoms with Crippen LogP contribution in [0.15, 0.2) is 47.4 Å². The van der Waals surface area contributed by atoms with Crippen LogP contribution >= 0.6 is 11.6 Å². The smallest absolute Gasteiger partial charge is 0.482 e. The molecule has 0 aliphatic carbocycles. The van der Waals surface area contributed by atoms with Gasteiger partial charge in [0.25, 0.3) is 5.91 Å². The third-order valence-corrected chi connectivity index (χ3v) is 8.08. The van der Waals surface area contributed by atoms with Crippen molar-refractivity contribution in [3.05, 3.63) is 58.9 Å². The zero-order valence-corrected chi connectivity index (χ0v) is 25.7. The summed E-state index contributed by atoms with van der Waals surface area (Å²) in [5.41, 5.74) is 0.974. The topological polar surface area (TPSA) is 163 Å². The van der Waals surface area contributed by atoms with Crippen molar-refractivity contribution in [1.29, 1.82) is 0 Å². The average molecular weight is 646 g/mol. The van der Waals surface area contributed by atoms with E-state index < -0.39 is 35.3 Å². The summed E-state index contributed by atoms with van der Waals surface area (Å²) < 4.78 is 49.9. The lowest BCUT2D eigenvalue weighted by Gasteiger charge is -2.44. The molecule has 2 atom stereocenters. The number of aliphatic carboxylic acids is 1. The molecule has 1 fully saturated rings. The van der Waals surface area contributed by atoms with Crippen LogP contribution in [0.3, 0.4) is 0 Å². The van der Waals surface area contributed by atoms with Gasteiger partial charge in [-0.1, -0.05) is 37.1 Å². The highest BCUT2D eigenvalue weighted by Crippen LogP contribution is 2.27. The van der Waals surface area contributed by atoms with Gasteiger partial charge < -0.3 is 24.6 Å². The van der Waals surface area contributed by atoms with Crippen LogP contribution in [0.5, 0.6) is 5.75 Å². The molecule has 1 aliphatic heterocycles. The number of halogens is 2. The van der Waals surface area contributed by atoms with Crippen molar-refractivity contribution in [3.63, 3.8) is 0 Å². The first kappa shape index (κ1) is 35.7. The van der Waals surface area contributed by atoms with E-state index in [4.69, 9.17) is 26.6 Å². The Labute approximate surface area is 255 Å². The Balaban J connectivity index is 0.000000708. The zero-order chi connectivity index (χ0) is 32.2. The number of ether oxygens (including phenoxy) is 2. The molecule has 0 radical (unpaired) electrons. The first-order chi connectivity index (χ1) is 20.2. The van der Waals surface area contributed by atoms with Gasteiger partial charge in [0, 0.05) is 36.7 Å². The SMILES string of the molecule is CCCCOC(=O)O.C[C@@H]1CN(Cc2ccc(F)cc2)[C@@H](C)CN1C(=O)COc1ccc(Cl)cc1S(=O)(=O)NCC(=O)O. The number of unbranched alkanes of at least 4 members (excludes halogenated alkanes) is 1. The standard InChI is InChI=1S/C23H27ClFN3O6S.C5H10O3/c1-15-12-28(16(2)11-27(15)13-17-3-6-19(25)7-4-17)22(29)14-34-20-8-5-18(24)9-21(20)35(32,33)26-10-23(30)31;1-2-3-4-8-5(6)7/h3-9,15-16,26H,10-14H2,1-2H3,(H,30,31);2-4H2,1H3,(H,6,7)/t15-,16+;/m0./s1. The number of benzene rings is 2. The number of carbonyl (C=O) groups excluding carboxylic acids is 1. The van der Waals surface area contributed by atoms with Crippen LogP contribution in [0.2, 0.25) is 5.02 Å². The molecule has 238 valence electrons. The van der Waals surface area contributed by atoms with Crippen LogP contribution in [0.1, 0.15) is 39.2 Å². The number of hydrogen-bond donors (Lipinski definition) is 3. The van der Waals surface area contributed by atoms with Crippen molar-refractivity contribution < 1.29 is 46.9 Å². The second-order valence-corrected chi connectivity index (χ2v) is 12.0. The lowest BCUT2D eigenvalue weighted by molar-refractivity contribution is -0.139. The minimum atomic E-state index is -4.24. The van der Waals surface area contributed by atoms with Crippen LogP contribution in [-0.4, -0.2) is 91.4 Å². The Morgan fingerprint density at radius 1 is 1.07 bits per heavy atom. The predicted molar refractivity (Wildman–Crippen MR) is 156 cm³/mol. The fourth-order valence-electron chi connectivity index (χ4n) is 4.16. The maximum atomic E-state index is 13.2. The van der Waals surface area contributed by atoms with Gasteiger partial charge in [0.2, 0.25) is 10.0 Å². The van der Waals surface area contributed by atoms with Crippen LogP contribution in [0.4, 0.5) is 9.18 Å². The van der Waals surface area contributed by atoms with Crippen molar-refractivity contribution in [1.82, 2.24) is 14.5 Å². The number of nitrogens with one attached hydrogen (secondary N) is 1. The van der Waals surface area contributed by atoms with Gasteiger partial charge in [0.05, 0.1) is 6.61 Å². The minimum absolute atomic E-state index is 0.0342. The fraction of sp³-hybridized carbons (Fsp3) is 0.464. The molecule has 3 N–H and O–H groups in total. The molecule has 0 unspecified atom stereocenters. The minimum Gasteiger partial charge on any atom is -0.482 e. The third-order valence-electron chi connectivity index (χ3n) is 6.42. The van der Waals surface area contributed by atoms with Gasteiger partial charge in [-0.15, -0.1) is 0 Å². The maximum absolute atomic E-state index is 13.2. The summed E-state index contributed by atoms with van der Waals surface area (Å²) in [6, 6.07) is 10.1. The van der Waals surface area contributed by atoms with Crippen LogP contribution < -0.4 is 9.46 Å². The molecule has 0 aromatic heterocycles. The summed E-state index contributed by atoms with van der Waals surface area (Å²) in [5.74, 6) is -2.08. The number of hydrogen-bond acceptors (Lipinski definition) is 8. The van der Waals surface area contributed by atoms with E-state index in [1.165, 1.54) is 24.3 Å². The quantitative estimate of drug-likeness (QED) is 0.228. The number of sulfonamides is 1. The lowest BCUT2D eigenvalue weighted by Crippen LogP contribution is -2.58. The largest absolute Gasteiger partial charge is 0.505 e. The number of amides is 1. The average Bonchev–Trinajstić information content (AvgIpc) is 2.94. The van der Waals surface area contributed by atoms with Gasteiger partial charge in [0.1, 0.15) is 23.0 Å². The highest BCUT2D eigenvalue weighted by atomic mass is 35.5. The molecule has 1 aliphatic rings. The molecule has 2 aromatic carbocycles. The van der Waals surface area contributed by atoms with Crippen LogP contribution in [0, 0.1) is 5.82 Å². The van der Waals surface area contributed by atoms with E-state index in [2.05, 4.69) is 9.64 Å². The van der Waals surface area contributed by atoms with Gasteiger partial charge in [-0.3, -0.25) is 14.5 Å². The highest BCUT2D eigenvalue weighted by molar-refractivity contribution is 7.89. The fourth-order valence-corrected chi connectivity index (χ4v) is 5.54. The molecule has 1 heterocycles. The van der Waals surface area contributed by atoms with Gasteiger partial charge >= 0.3 is 12.1 Å². The summed E-state index contributed by atoms with van der Waals surface area (Å²) >= 11 is 5.92. The molecule has 0 spiro atoms. The number of carbonyl (C=O) groups is 3. The molecule has 43 heavy (non-hydrogen) atoms. The third kappa shape index (κ3) is 12.0. The van der Waals surface area contributed by atoms with Crippen LogP contribution in [0.25, 0.3) is 0 Å². The van der Waals surface area contributed by atoms with E-state index in [1.807, 2.05) is 25.5 Å². The number of carboxylic acid groups (broad SMARTS) is 2. The predicted octanol–water partition coefficient (Wildman–Crippen LogP) is 3.82. The summed E-state index contributed by atoms with van der Waals surface area (Å²) in [7, 11) is -4.24. The van der Waals surface area contributed by atoms with E-state index in [0.717, 1.165) is 24.5 Å². The molecule has 1 saturated heterocycles. The molecule has 15 heteroatoms. The van der Waals surface area contributed by atoms with E-state index in [1.54, 1.807) is 17.0 Å². The molecule has 12 nitrogen and oxygen atoms in total. The molecular weight excluding hydrogens is 609 g/mol. The van der Waals surface area contributed by atoms with E-state index in [0.29, 0.717) is 26.2 Å². The van der Waals surface area contributed by atoms with E-state index in [9.17, 15) is 27.2 Å². The molecule has 2 aromatic rings. The second-order valence-electron chi connectivity index (χ2n) is 9.87. The van der Waals surface area contributed by atoms with Gasteiger partial charge in [0.15, 0.2) is 6.61 Å². The lowest BCUT2D eigenvalue weighted by atomic mass is 10.1. The summed E-state index contributed by atoms with van der Waals surface area (Å²) in [4.78, 5) is 36.9. The molecule has 3 rings (SSSR count). The first-order valence-corrected chi connectivity index (χ1v) is 15.4. The molecule has 0 bridgehead atoms. The molecular formula is C28H37ClFN3O9S. The Kier molecular flexibility index (Phi) is 14.1. The normalized spacial score (nSPS) is 17.0. The van der Waals surface area contributed by atoms with Crippen molar-refractivity contribution in [2.75, 3.05) is 32.8 Å². The van der Waals surface area contributed by atoms with E-state index >= 15 is 0 Å². The maximum Gasteiger partial charge on any atom is 0.505 e.